The largest absolute Gasteiger partial charge is 0.312 e. The average molecular weight is 416 g/mol. The molecule has 30 heavy (non-hydrogen) atoms. The highest BCUT2D eigenvalue weighted by molar-refractivity contribution is 6.30. The van der Waals surface area contributed by atoms with Gasteiger partial charge in [-0.25, -0.2) is 0 Å². The summed E-state index contributed by atoms with van der Waals surface area (Å²) in [7, 11) is 1.79. The molecule has 0 saturated carbocycles. The molecule has 5 heteroatoms. The maximum absolute atomic E-state index is 13.1. The second-order valence-corrected chi connectivity index (χ2v) is 7.46. The van der Waals surface area contributed by atoms with E-state index < -0.39 is 6.17 Å². The fraction of sp³-hybridized carbons (Fsp3) is 0.120. The van der Waals surface area contributed by atoms with Gasteiger partial charge in [-0.05, 0) is 23.8 Å². The van der Waals surface area contributed by atoms with Crippen LogP contribution in [0.1, 0.15) is 16.7 Å². The van der Waals surface area contributed by atoms with Crippen molar-refractivity contribution in [2.45, 2.75) is 6.17 Å². The van der Waals surface area contributed by atoms with Crippen molar-refractivity contribution in [1.29, 1.82) is 0 Å². The highest BCUT2D eigenvalue weighted by Crippen LogP contribution is 2.27. The number of benzodiazepines with no additional fused rings is 1. The standard InChI is InChI=1S/C25H22ClN3O/c1-29-22-12-6-5-11-21(22)23(19-9-3-2-4-10-19)28-24(25(29)30)27-17-7-8-18-13-15-20(26)16-14-18/h2-16,24,27H,17H2,1H3/b8-7+. The minimum absolute atomic E-state index is 0.0896. The van der Waals surface area contributed by atoms with E-state index in [9.17, 15) is 4.79 Å². The van der Waals surface area contributed by atoms with Gasteiger partial charge in [0.25, 0.3) is 5.91 Å². The number of hydrogen-bond donors (Lipinski definition) is 1. The second kappa shape index (κ2) is 9.08. The van der Waals surface area contributed by atoms with Crippen LogP contribution < -0.4 is 10.2 Å². The Labute approximate surface area is 181 Å². The molecule has 3 aromatic carbocycles. The zero-order valence-corrected chi connectivity index (χ0v) is 17.4. The third kappa shape index (κ3) is 4.35. The molecule has 0 aromatic heterocycles. The van der Waals surface area contributed by atoms with E-state index >= 15 is 0 Å². The molecule has 1 amide bonds. The quantitative estimate of drug-likeness (QED) is 0.651. The van der Waals surface area contributed by atoms with Crippen LogP contribution in [0.2, 0.25) is 5.02 Å². The lowest BCUT2D eigenvalue weighted by Crippen LogP contribution is -2.43. The van der Waals surface area contributed by atoms with Crippen LogP contribution >= 0.6 is 11.6 Å². The van der Waals surface area contributed by atoms with Gasteiger partial charge in [-0.3, -0.25) is 15.1 Å². The third-order valence-corrected chi connectivity index (χ3v) is 5.25. The fourth-order valence-corrected chi connectivity index (χ4v) is 3.56. The number of nitrogens with one attached hydrogen (secondary N) is 1. The maximum atomic E-state index is 13.1. The summed E-state index contributed by atoms with van der Waals surface area (Å²) in [4.78, 5) is 19.6. The summed E-state index contributed by atoms with van der Waals surface area (Å²) in [5, 5.41) is 3.97. The van der Waals surface area contributed by atoms with E-state index in [1.165, 1.54) is 0 Å². The molecule has 1 unspecified atom stereocenters. The van der Waals surface area contributed by atoms with Gasteiger partial charge in [0.15, 0.2) is 6.17 Å². The number of hydrogen-bond acceptors (Lipinski definition) is 3. The van der Waals surface area contributed by atoms with Gasteiger partial charge >= 0.3 is 0 Å². The number of para-hydroxylation sites is 1. The summed E-state index contributed by atoms with van der Waals surface area (Å²) in [5.74, 6) is -0.0896. The van der Waals surface area contributed by atoms with Crippen LogP contribution in [0.4, 0.5) is 5.69 Å². The first-order valence-electron chi connectivity index (χ1n) is 9.79. The molecule has 1 aliphatic rings. The highest BCUT2D eigenvalue weighted by Gasteiger charge is 2.29. The number of halogens is 1. The van der Waals surface area contributed by atoms with Crippen molar-refractivity contribution < 1.29 is 4.79 Å². The molecule has 4 nitrogen and oxygen atoms in total. The number of carbonyl (C=O) groups is 1. The Morgan fingerprint density at radius 2 is 1.70 bits per heavy atom. The Bertz CT molecular complexity index is 1090. The molecule has 1 aliphatic heterocycles. The van der Waals surface area contributed by atoms with Gasteiger partial charge < -0.3 is 4.90 Å². The Hall–Kier alpha value is -3.21. The Morgan fingerprint density at radius 3 is 2.47 bits per heavy atom. The van der Waals surface area contributed by atoms with Gasteiger partial charge in [-0.2, -0.15) is 0 Å². The number of carbonyl (C=O) groups excluding carboxylic acids is 1. The van der Waals surface area contributed by atoms with Gasteiger partial charge in [0, 0.05) is 29.7 Å². The summed E-state index contributed by atoms with van der Waals surface area (Å²) in [6.45, 7) is 0.509. The zero-order chi connectivity index (χ0) is 20.9. The summed E-state index contributed by atoms with van der Waals surface area (Å²) >= 11 is 5.93. The van der Waals surface area contributed by atoms with Gasteiger partial charge in [0.1, 0.15) is 0 Å². The summed E-state index contributed by atoms with van der Waals surface area (Å²) in [6, 6.07) is 25.4. The van der Waals surface area contributed by atoms with Crippen molar-refractivity contribution in [3.8, 4) is 0 Å². The first-order chi connectivity index (χ1) is 14.6. The van der Waals surface area contributed by atoms with Gasteiger partial charge in [-0.15, -0.1) is 0 Å². The number of anilines is 1. The monoisotopic (exact) mass is 415 g/mol. The van der Waals surface area contributed by atoms with Crippen LogP contribution in [-0.4, -0.2) is 31.4 Å². The minimum atomic E-state index is -0.674. The highest BCUT2D eigenvalue weighted by atomic mass is 35.5. The predicted octanol–water partition coefficient (Wildman–Crippen LogP) is 4.78. The molecular weight excluding hydrogens is 394 g/mol. The number of amides is 1. The average Bonchev–Trinajstić information content (AvgIpc) is 2.89. The molecule has 0 fully saturated rings. The smallest absolute Gasteiger partial charge is 0.266 e. The first kappa shape index (κ1) is 20.1. The normalized spacial score (nSPS) is 16.3. The van der Waals surface area contributed by atoms with E-state index in [2.05, 4.69) is 5.32 Å². The van der Waals surface area contributed by atoms with Crippen LogP contribution in [0.3, 0.4) is 0 Å². The van der Waals surface area contributed by atoms with Crippen LogP contribution in [0.25, 0.3) is 6.08 Å². The van der Waals surface area contributed by atoms with Gasteiger partial charge in [0.2, 0.25) is 0 Å². The molecule has 1 heterocycles. The SMILES string of the molecule is CN1C(=O)C(NC/C=C/c2ccc(Cl)cc2)N=C(c2ccccc2)c2ccccc21. The van der Waals surface area contributed by atoms with Gasteiger partial charge in [0.05, 0.1) is 11.4 Å². The molecule has 0 aliphatic carbocycles. The zero-order valence-electron chi connectivity index (χ0n) is 16.6. The Kier molecular flexibility index (Phi) is 6.07. The first-order valence-corrected chi connectivity index (χ1v) is 10.2. The van der Waals surface area contributed by atoms with Crippen molar-refractivity contribution in [2.75, 3.05) is 18.5 Å². The van der Waals surface area contributed by atoms with Crippen molar-refractivity contribution in [3.63, 3.8) is 0 Å². The van der Waals surface area contributed by atoms with Crippen molar-refractivity contribution in [3.05, 3.63) is 107 Å². The van der Waals surface area contributed by atoms with Crippen molar-refractivity contribution >= 4 is 35.0 Å². The molecule has 4 rings (SSSR count). The van der Waals surface area contributed by atoms with E-state index in [4.69, 9.17) is 16.6 Å². The van der Waals surface area contributed by atoms with E-state index in [-0.39, 0.29) is 5.91 Å². The van der Waals surface area contributed by atoms with E-state index in [1.807, 2.05) is 91.0 Å². The lowest BCUT2D eigenvalue weighted by molar-refractivity contribution is -0.120. The van der Waals surface area contributed by atoms with E-state index in [0.717, 1.165) is 28.1 Å². The molecule has 0 bridgehead atoms. The molecule has 0 saturated heterocycles. The number of likely N-dealkylation sites (N-methyl/N-ethyl adjacent to an activating group) is 1. The van der Waals surface area contributed by atoms with Crippen molar-refractivity contribution in [1.82, 2.24) is 5.32 Å². The lowest BCUT2D eigenvalue weighted by atomic mass is 10.0. The predicted molar refractivity (Wildman–Crippen MR) is 124 cm³/mol. The van der Waals surface area contributed by atoms with E-state index in [0.29, 0.717) is 11.6 Å². The van der Waals surface area contributed by atoms with Gasteiger partial charge in [-0.1, -0.05) is 84.4 Å². The van der Waals surface area contributed by atoms with Crippen molar-refractivity contribution in [2.24, 2.45) is 4.99 Å². The number of nitrogens with zero attached hydrogens (tertiary/aromatic N) is 2. The molecule has 1 atom stereocenters. The molecule has 3 aromatic rings. The lowest BCUT2D eigenvalue weighted by Gasteiger charge is -2.20. The molecular formula is C25H22ClN3O. The second-order valence-electron chi connectivity index (χ2n) is 7.02. The summed E-state index contributed by atoms with van der Waals surface area (Å²) in [5.41, 5.74) is 4.64. The van der Waals surface area contributed by atoms with Crippen LogP contribution in [0.15, 0.2) is 89.9 Å². The topological polar surface area (TPSA) is 44.7 Å². The fourth-order valence-electron chi connectivity index (χ4n) is 3.43. The molecule has 0 spiro atoms. The third-order valence-electron chi connectivity index (χ3n) is 5.00. The van der Waals surface area contributed by atoms with E-state index in [1.54, 1.807) is 11.9 Å². The minimum Gasteiger partial charge on any atom is -0.312 e. The Morgan fingerprint density at radius 1 is 1.00 bits per heavy atom. The molecule has 1 N–H and O–H groups in total. The van der Waals surface area contributed by atoms with Crippen LogP contribution in [0, 0.1) is 0 Å². The van der Waals surface area contributed by atoms with Crippen LogP contribution in [0.5, 0.6) is 0 Å². The number of aliphatic imine (C=N–C) groups is 1. The maximum Gasteiger partial charge on any atom is 0.266 e. The molecule has 150 valence electrons. The summed E-state index contributed by atoms with van der Waals surface area (Å²) in [6.07, 6.45) is 3.30. The summed E-state index contributed by atoms with van der Waals surface area (Å²) < 4.78 is 0. The number of fused-ring (bicyclic) bond motifs is 1. The number of rotatable bonds is 5. The molecule has 0 radical (unpaired) electrons. The van der Waals surface area contributed by atoms with Crippen LogP contribution in [-0.2, 0) is 4.79 Å². The Balaban J connectivity index is 1.61. The number of benzene rings is 3.